The van der Waals surface area contributed by atoms with E-state index in [9.17, 15) is 9.59 Å². The lowest BCUT2D eigenvalue weighted by Gasteiger charge is -2.23. The van der Waals surface area contributed by atoms with Crippen LogP contribution in [0.25, 0.3) is 0 Å². The number of amides is 3. The fraction of sp³-hybridized carbons (Fsp3) is 0.273. The van der Waals surface area contributed by atoms with Crippen LogP contribution in [0.1, 0.15) is 12.5 Å². The van der Waals surface area contributed by atoms with Gasteiger partial charge in [0.2, 0.25) is 0 Å². The summed E-state index contributed by atoms with van der Waals surface area (Å²) in [4.78, 5) is 22.9. The highest BCUT2D eigenvalue weighted by molar-refractivity contribution is 6.07. The van der Waals surface area contributed by atoms with Gasteiger partial charge in [0, 0.05) is 5.56 Å². The highest BCUT2D eigenvalue weighted by Gasteiger charge is 2.44. The van der Waals surface area contributed by atoms with E-state index in [1.807, 2.05) is 0 Å². The Kier molecular flexibility index (Phi) is 2.30. The van der Waals surface area contributed by atoms with Gasteiger partial charge in [-0.15, -0.1) is 0 Å². The monoisotopic (exact) mass is 220 g/mol. The van der Waals surface area contributed by atoms with E-state index in [4.69, 9.17) is 4.74 Å². The Morgan fingerprint density at radius 2 is 1.94 bits per heavy atom. The number of hydrogen-bond donors (Lipinski definition) is 2. The van der Waals surface area contributed by atoms with E-state index >= 15 is 0 Å². The van der Waals surface area contributed by atoms with Crippen LogP contribution in [0.3, 0.4) is 0 Å². The summed E-state index contributed by atoms with van der Waals surface area (Å²) < 4.78 is 5.18. The number of hydrogen-bond acceptors (Lipinski definition) is 3. The lowest BCUT2D eigenvalue weighted by molar-refractivity contribution is -0.123. The molecule has 1 atom stereocenters. The van der Waals surface area contributed by atoms with Gasteiger partial charge in [-0.25, -0.2) is 4.79 Å². The molecule has 1 aliphatic heterocycles. The molecule has 1 fully saturated rings. The second-order valence-electron chi connectivity index (χ2n) is 3.73. The fourth-order valence-electron chi connectivity index (χ4n) is 1.79. The van der Waals surface area contributed by atoms with Gasteiger partial charge in [-0.1, -0.05) is 18.2 Å². The minimum absolute atomic E-state index is 0.373. The van der Waals surface area contributed by atoms with Crippen molar-refractivity contribution in [1.82, 2.24) is 10.6 Å². The number of carbonyl (C=O) groups excluding carboxylic acids is 2. The Balaban J connectivity index is 2.51. The molecule has 1 aromatic rings. The first-order chi connectivity index (χ1) is 7.58. The predicted molar refractivity (Wildman–Crippen MR) is 57.0 cm³/mol. The van der Waals surface area contributed by atoms with Crippen molar-refractivity contribution in [2.75, 3.05) is 7.11 Å². The molecule has 0 radical (unpaired) electrons. The van der Waals surface area contributed by atoms with Crippen molar-refractivity contribution in [3.05, 3.63) is 29.8 Å². The Labute approximate surface area is 92.8 Å². The number of ether oxygens (including phenoxy) is 1. The Bertz CT molecular complexity index is 458. The number of imide groups is 1. The van der Waals surface area contributed by atoms with Gasteiger partial charge in [-0.2, -0.15) is 0 Å². The summed E-state index contributed by atoms with van der Waals surface area (Å²) in [7, 11) is 1.52. The highest BCUT2D eigenvalue weighted by atomic mass is 16.5. The maximum absolute atomic E-state index is 11.7. The number of para-hydroxylation sites is 1. The largest absolute Gasteiger partial charge is 0.496 e. The van der Waals surface area contributed by atoms with E-state index in [1.165, 1.54) is 7.11 Å². The van der Waals surface area contributed by atoms with E-state index in [1.54, 1.807) is 31.2 Å². The lowest BCUT2D eigenvalue weighted by atomic mass is 9.91. The third-order valence-electron chi connectivity index (χ3n) is 2.69. The molecule has 2 N–H and O–H groups in total. The van der Waals surface area contributed by atoms with Crippen molar-refractivity contribution >= 4 is 11.9 Å². The summed E-state index contributed by atoms with van der Waals surface area (Å²) in [5, 5.41) is 4.80. The zero-order valence-corrected chi connectivity index (χ0v) is 9.03. The number of nitrogens with one attached hydrogen (secondary N) is 2. The SMILES string of the molecule is COc1ccccc1[C@]1(C)NC(=O)NC1=O. The molecule has 5 nitrogen and oxygen atoms in total. The van der Waals surface area contributed by atoms with Gasteiger partial charge in [0.15, 0.2) is 0 Å². The lowest BCUT2D eigenvalue weighted by Crippen LogP contribution is -2.40. The molecule has 5 heteroatoms. The van der Waals surface area contributed by atoms with Crippen LogP contribution in [0, 0.1) is 0 Å². The Morgan fingerprint density at radius 3 is 2.50 bits per heavy atom. The van der Waals surface area contributed by atoms with E-state index in [2.05, 4.69) is 10.6 Å². The summed E-state index contributed by atoms with van der Waals surface area (Å²) in [6, 6.07) is 6.61. The van der Waals surface area contributed by atoms with E-state index in [0.29, 0.717) is 11.3 Å². The van der Waals surface area contributed by atoms with Crippen molar-refractivity contribution in [3.8, 4) is 5.75 Å². The maximum Gasteiger partial charge on any atom is 0.322 e. The van der Waals surface area contributed by atoms with Gasteiger partial charge >= 0.3 is 6.03 Å². The molecule has 1 heterocycles. The van der Waals surface area contributed by atoms with E-state index in [0.717, 1.165) is 0 Å². The van der Waals surface area contributed by atoms with Crippen LogP contribution in [0.15, 0.2) is 24.3 Å². The molecule has 84 valence electrons. The summed E-state index contributed by atoms with van der Waals surface area (Å²) in [5.41, 5.74) is -0.426. The maximum atomic E-state index is 11.7. The van der Waals surface area contributed by atoms with Crippen LogP contribution in [-0.2, 0) is 10.3 Å². The van der Waals surface area contributed by atoms with Gasteiger partial charge in [0.05, 0.1) is 7.11 Å². The standard InChI is InChI=1S/C11H12N2O3/c1-11(9(14)12-10(15)13-11)7-5-3-4-6-8(7)16-2/h3-6H,1-2H3,(H2,12,13,14,15)/t11-/m0/s1. The highest BCUT2D eigenvalue weighted by Crippen LogP contribution is 2.31. The normalized spacial score (nSPS) is 23.9. The van der Waals surface area contributed by atoms with Crippen LogP contribution in [0.4, 0.5) is 4.79 Å². The topological polar surface area (TPSA) is 67.4 Å². The molecule has 1 aromatic carbocycles. The summed E-state index contributed by atoms with van der Waals surface area (Å²) in [6.07, 6.45) is 0. The van der Waals surface area contributed by atoms with Crippen molar-refractivity contribution in [3.63, 3.8) is 0 Å². The van der Waals surface area contributed by atoms with Crippen molar-refractivity contribution in [1.29, 1.82) is 0 Å². The first-order valence-corrected chi connectivity index (χ1v) is 4.85. The smallest absolute Gasteiger partial charge is 0.322 e. The van der Waals surface area contributed by atoms with Gasteiger partial charge in [-0.05, 0) is 13.0 Å². The second-order valence-corrected chi connectivity index (χ2v) is 3.73. The van der Waals surface area contributed by atoms with E-state index < -0.39 is 11.6 Å². The molecule has 0 spiro atoms. The van der Waals surface area contributed by atoms with Gasteiger partial charge in [-0.3, -0.25) is 10.1 Å². The number of methoxy groups -OCH3 is 1. The summed E-state index contributed by atoms with van der Waals surface area (Å²) in [5.74, 6) is 0.198. The molecule has 0 bridgehead atoms. The van der Waals surface area contributed by atoms with Crippen molar-refractivity contribution in [2.24, 2.45) is 0 Å². The molecule has 16 heavy (non-hydrogen) atoms. The molecule has 0 unspecified atom stereocenters. The number of rotatable bonds is 2. The number of urea groups is 1. The molecular formula is C11H12N2O3. The molecule has 1 aliphatic rings. The third kappa shape index (κ3) is 1.41. The quantitative estimate of drug-likeness (QED) is 0.723. The van der Waals surface area contributed by atoms with Crippen LogP contribution >= 0.6 is 0 Å². The molecule has 0 saturated carbocycles. The second kappa shape index (κ2) is 3.52. The molecule has 3 amide bonds. The first kappa shape index (κ1) is 10.5. The van der Waals surface area contributed by atoms with Crippen molar-refractivity contribution < 1.29 is 14.3 Å². The number of benzene rings is 1. The Hall–Kier alpha value is -2.04. The predicted octanol–water partition coefficient (Wildman–Crippen LogP) is 0.750. The van der Waals surface area contributed by atoms with Crippen LogP contribution < -0.4 is 15.4 Å². The van der Waals surface area contributed by atoms with Crippen molar-refractivity contribution in [2.45, 2.75) is 12.5 Å². The van der Waals surface area contributed by atoms with Gasteiger partial charge in [0.25, 0.3) is 5.91 Å². The zero-order valence-electron chi connectivity index (χ0n) is 9.03. The fourth-order valence-corrected chi connectivity index (χ4v) is 1.79. The molecule has 0 aliphatic carbocycles. The van der Waals surface area contributed by atoms with Gasteiger partial charge < -0.3 is 10.1 Å². The number of carbonyl (C=O) groups is 2. The third-order valence-corrected chi connectivity index (χ3v) is 2.69. The van der Waals surface area contributed by atoms with Crippen LogP contribution in [0.2, 0.25) is 0 Å². The minimum Gasteiger partial charge on any atom is -0.496 e. The zero-order chi connectivity index (χ0) is 11.8. The average Bonchev–Trinajstić information content (AvgIpc) is 2.53. The first-order valence-electron chi connectivity index (χ1n) is 4.85. The summed E-state index contributed by atoms with van der Waals surface area (Å²) >= 11 is 0. The van der Waals surface area contributed by atoms with Crippen LogP contribution in [0.5, 0.6) is 5.75 Å². The van der Waals surface area contributed by atoms with E-state index in [-0.39, 0.29) is 5.91 Å². The van der Waals surface area contributed by atoms with Crippen LogP contribution in [-0.4, -0.2) is 19.0 Å². The molecule has 1 saturated heterocycles. The summed E-state index contributed by atoms with van der Waals surface area (Å²) in [6.45, 7) is 1.64. The Morgan fingerprint density at radius 1 is 1.25 bits per heavy atom. The van der Waals surface area contributed by atoms with Gasteiger partial charge in [0.1, 0.15) is 11.3 Å². The molecular weight excluding hydrogens is 208 g/mol. The minimum atomic E-state index is -1.07. The molecule has 0 aromatic heterocycles. The average molecular weight is 220 g/mol. The molecule has 2 rings (SSSR count).